The summed E-state index contributed by atoms with van der Waals surface area (Å²) >= 11 is 1.87. The van der Waals surface area contributed by atoms with Crippen molar-refractivity contribution in [1.82, 2.24) is 0 Å². The first-order valence-corrected chi connectivity index (χ1v) is 14.5. The number of unbranched alkanes of at least 4 members (excludes halogenated alkanes) is 7. The molecule has 25 heavy (non-hydrogen) atoms. The van der Waals surface area contributed by atoms with Crippen LogP contribution in [0.3, 0.4) is 0 Å². The summed E-state index contributed by atoms with van der Waals surface area (Å²) in [5, 5.41) is 10.2. The zero-order valence-corrected chi connectivity index (χ0v) is 18.3. The van der Waals surface area contributed by atoms with E-state index in [0.29, 0.717) is 6.61 Å². The normalized spacial score (nSPS) is 11.2. The van der Waals surface area contributed by atoms with Crippen molar-refractivity contribution in [3.8, 4) is 11.8 Å². The molecule has 3 heteroatoms. The van der Waals surface area contributed by atoms with Gasteiger partial charge in [-0.15, -0.1) is 0 Å². The third-order valence-corrected chi connectivity index (χ3v) is 7.42. The number of rotatable bonds is 12. The molecule has 0 saturated carbocycles. The predicted molar refractivity (Wildman–Crippen MR) is 118 cm³/mol. The van der Waals surface area contributed by atoms with E-state index in [1.54, 1.807) is 0 Å². The van der Waals surface area contributed by atoms with Gasteiger partial charge in [0.05, 0.1) is 14.7 Å². The minimum absolute atomic E-state index is 0.317. The summed E-state index contributed by atoms with van der Waals surface area (Å²) in [5.74, 6) is 8.73. The van der Waals surface area contributed by atoms with Crippen LogP contribution in [0.25, 0.3) is 0 Å². The monoisotopic (exact) mass is 376 g/mol. The van der Waals surface area contributed by atoms with Crippen LogP contribution in [0, 0.1) is 11.8 Å². The van der Waals surface area contributed by atoms with Gasteiger partial charge in [0.2, 0.25) is 0 Å². The highest BCUT2D eigenvalue weighted by atomic mass is 32.2. The molecule has 1 aromatic carbocycles. The van der Waals surface area contributed by atoms with Gasteiger partial charge in [-0.1, -0.05) is 80.9 Å². The Morgan fingerprint density at radius 2 is 1.44 bits per heavy atom. The van der Waals surface area contributed by atoms with E-state index in [0.717, 1.165) is 17.7 Å². The smallest absolute Gasteiger partial charge is 0.0775 e. The van der Waals surface area contributed by atoms with Crippen LogP contribution in [-0.2, 0) is 0 Å². The lowest BCUT2D eigenvalue weighted by atomic mass is 10.1. The number of benzene rings is 1. The zero-order chi connectivity index (χ0) is 18.4. The Kier molecular flexibility index (Phi) is 12.1. The molecule has 0 radical (unpaired) electrons. The lowest BCUT2D eigenvalue weighted by Gasteiger charge is -2.15. The Hall–Kier alpha value is -0.693. The second kappa shape index (κ2) is 13.5. The fourth-order valence-corrected chi connectivity index (χ4v) is 4.59. The van der Waals surface area contributed by atoms with Gasteiger partial charge < -0.3 is 5.11 Å². The molecule has 1 aromatic rings. The first kappa shape index (κ1) is 22.3. The Morgan fingerprint density at radius 3 is 2.04 bits per heavy atom. The van der Waals surface area contributed by atoms with E-state index in [4.69, 9.17) is 5.11 Å². The molecule has 0 aliphatic heterocycles. The number of aliphatic hydroxyl groups excluding tert-OH is 1. The number of aliphatic hydroxyl groups is 1. The van der Waals surface area contributed by atoms with Crippen molar-refractivity contribution in [1.29, 1.82) is 0 Å². The predicted octanol–water partition coefficient (Wildman–Crippen LogP) is 5.43. The van der Waals surface area contributed by atoms with E-state index < -0.39 is 8.07 Å². The Bertz CT molecular complexity index is 508. The highest BCUT2D eigenvalue weighted by molar-refractivity contribution is 7.99. The molecule has 140 valence electrons. The maximum Gasteiger partial charge on any atom is 0.0775 e. The van der Waals surface area contributed by atoms with Gasteiger partial charge in [-0.05, 0) is 30.7 Å². The van der Waals surface area contributed by atoms with E-state index in [1.165, 1.54) is 55.9 Å². The Morgan fingerprint density at radius 1 is 0.840 bits per heavy atom. The van der Waals surface area contributed by atoms with Crippen LogP contribution in [0.15, 0.2) is 24.3 Å². The number of thioether (sulfide) groups is 1. The van der Waals surface area contributed by atoms with Gasteiger partial charge in [0.25, 0.3) is 0 Å². The van der Waals surface area contributed by atoms with Crippen LogP contribution in [0.1, 0.15) is 56.9 Å². The summed E-state index contributed by atoms with van der Waals surface area (Å²) in [4.78, 5) is 0. The van der Waals surface area contributed by atoms with Crippen LogP contribution < -0.4 is 5.19 Å². The first-order valence-electron chi connectivity index (χ1n) is 9.82. The largest absolute Gasteiger partial charge is 0.396 e. The molecule has 0 unspecified atom stereocenters. The highest BCUT2D eigenvalue weighted by Crippen LogP contribution is 2.11. The summed E-state index contributed by atoms with van der Waals surface area (Å²) < 4.78 is 0. The van der Waals surface area contributed by atoms with Crippen LogP contribution in [-0.4, -0.2) is 31.3 Å². The maximum absolute atomic E-state index is 8.70. The molecule has 0 saturated heterocycles. The van der Waals surface area contributed by atoms with Gasteiger partial charge >= 0.3 is 0 Å². The molecule has 0 atom stereocenters. The molecule has 0 aliphatic rings. The second-order valence-corrected chi connectivity index (χ2v) is 14.0. The molecular weight excluding hydrogens is 340 g/mol. The minimum Gasteiger partial charge on any atom is -0.396 e. The lowest BCUT2D eigenvalue weighted by molar-refractivity contribution is 0.322. The third-order valence-electron chi connectivity index (χ3n) is 4.31. The van der Waals surface area contributed by atoms with Crippen molar-refractivity contribution in [2.24, 2.45) is 0 Å². The summed E-state index contributed by atoms with van der Waals surface area (Å²) in [6.45, 7) is 7.45. The quantitative estimate of drug-likeness (QED) is 0.298. The highest BCUT2D eigenvalue weighted by Gasteiger charge is 2.15. The van der Waals surface area contributed by atoms with Crippen LogP contribution >= 0.6 is 11.8 Å². The van der Waals surface area contributed by atoms with Crippen LogP contribution in [0.5, 0.6) is 0 Å². The van der Waals surface area contributed by atoms with Crippen molar-refractivity contribution >= 4 is 25.0 Å². The Balaban J connectivity index is 2.02. The van der Waals surface area contributed by atoms with Crippen molar-refractivity contribution in [3.63, 3.8) is 0 Å². The molecule has 0 aromatic heterocycles. The topological polar surface area (TPSA) is 20.2 Å². The van der Waals surface area contributed by atoms with Crippen LogP contribution in [0.2, 0.25) is 19.6 Å². The molecule has 0 bridgehead atoms. The molecule has 0 fully saturated rings. The third kappa shape index (κ3) is 11.5. The van der Waals surface area contributed by atoms with E-state index in [-0.39, 0.29) is 0 Å². The van der Waals surface area contributed by atoms with Gasteiger partial charge in [-0.3, -0.25) is 0 Å². The summed E-state index contributed by atoms with van der Waals surface area (Å²) in [6.07, 6.45) is 10.3. The van der Waals surface area contributed by atoms with Gasteiger partial charge in [0.15, 0.2) is 0 Å². The zero-order valence-electron chi connectivity index (χ0n) is 16.4. The summed E-state index contributed by atoms with van der Waals surface area (Å²) in [5.41, 5.74) is 1.15. The molecule has 1 rings (SSSR count). The second-order valence-electron chi connectivity index (χ2n) is 7.69. The number of hydrogen-bond acceptors (Lipinski definition) is 2. The van der Waals surface area contributed by atoms with E-state index in [1.807, 2.05) is 11.8 Å². The average Bonchev–Trinajstić information content (AvgIpc) is 2.58. The SMILES string of the molecule is C[Si](C)(C)c1ccc(C#CCCCCCCCCCSCCO)cc1. The molecule has 0 aliphatic carbocycles. The number of hydrogen-bond donors (Lipinski definition) is 1. The van der Waals surface area contributed by atoms with E-state index >= 15 is 0 Å². The Labute approximate surface area is 161 Å². The first-order chi connectivity index (χ1) is 12.0. The summed E-state index contributed by atoms with van der Waals surface area (Å²) in [7, 11) is -1.19. The molecule has 1 N–H and O–H groups in total. The molecule has 0 spiro atoms. The van der Waals surface area contributed by atoms with E-state index in [2.05, 4.69) is 55.7 Å². The molecular formula is C22H36OSSi. The van der Waals surface area contributed by atoms with Gasteiger partial charge in [-0.2, -0.15) is 11.8 Å². The fraction of sp³-hybridized carbons (Fsp3) is 0.636. The van der Waals surface area contributed by atoms with Gasteiger partial charge in [-0.25, -0.2) is 0 Å². The van der Waals surface area contributed by atoms with Crippen LogP contribution in [0.4, 0.5) is 0 Å². The molecule has 1 nitrogen and oxygen atoms in total. The summed E-state index contributed by atoms with van der Waals surface area (Å²) in [6, 6.07) is 8.88. The van der Waals surface area contributed by atoms with Gasteiger partial charge in [0, 0.05) is 17.7 Å². The standard InChI is InChI=1S/C22H36OSSi/c1-25(2,3)22-16-14-21(15-17-22)13-11-9-7-5-4-6-8-10-12-19-24-20-18-23/h14-17,23H,4-10,12,18-20H2,1-3H3. The molecule has 0 amide bonds. The maximum atomic E-state index is 8.70. The van der Waals surface area contributed by atoms with Crippen molar-refractivity contribution < 1.29 is 5.11 Å². The lowest BCUT2D eigenvalue weighted by Crippen LogP contribution is -2.37. The van der Waals surface area contributed by atoms with Crippen molar-refractivity contribution in [2.75, 3.05) is 18.1 Å². The average molecular weight is 377 g/mol. The molecule has 0 heterocycles. The fourth-order valence-electron chi connectivity index (χ4n) is 2.69. The van der Waals surface area contributed by atoms with Crippen molar-refractivity contribution in [2.45, 2.75) is 71.0 Å². The van der Waals surface area contributed by atoms with Crippen molar-refractivity contribution in [3.05, 3.63) is 29.8 Å². The van der Waals surface area contributed by atoms with Gasteiger partial charge in [0.1, 0.15) is 0 Å². The van der Waals surface area contributed by atoms with E-state index in [9.17, 15) is 0 Å². The minimum atomic E-state index is -1.19.